The van der Waals surface area contributed by atoms with Crippen LogP contribution < -0.4 is 4.74 Å². The molecule has 0 aliphatic carbocycles. The predicted octanol–water partition coefficient (Wildman–Crippen LogP) is 6.37. The average molecular weight is 528 g/mol. The molecule has 0 unspecified atom stereocenters. The van der Waals surface area contributed by atoms with Gasteiger partial charge in [0.1, 0.15) is 11.6 Å². The Morgan fingerprint density at radius 3 is 2.39 bits per heavy atom. The van der Waals surface area contributed by atoms with E-state index in [-0.39, 0.29) is 11.7 Å². The van der Waals surface area contributed by atoms with Gasteiger partial charge in [0.25, 0.3) is 5.91 Å². The molecule has 8 heteroatoms. The van der Waals surface area contributed by atoms with Gasteiger partial charge in [-0.2, -0.15) is 0 Å². The summed E-state index contributed by atoms with van der Waals surface area (Å²) in [7, 11) is 0. The number of benzene rings is 2. The summed E-state index contributed by atoms with van der Waals surface area (Å²) in [5.74, 6) is 0.303. The number of hydrogen-bond acceptors (Lipinski definition) is 4. The number of rotatable bonds is 5. The number of hydrogen-bond donors (Lipinski definition) is 0. The van der Waals surface area contributed by atoms with Crippen LogP contribution in [-0.4, -0.2) is 29.1 Å². The van der Waals surface area contributed by atoms with Gasteiger partial charge in [-0.15, -0.1) is 0 Å². The van der Waals surface area contributed by atoms with Crippen LogP contribution in [0.15, 0.2) is 55.2 Å². The van der Waals surface area contributed by atoms with Crippen molar-refractivity contribution in [3.05, 3.63) is 61.6 Å². The molecule has 1 fully saturated rings. The first-order chi connectivity index (χ1) is 13.4. The van der Waals surface area contributed by atoms with E-state index in [9.17, 15) is 9.18 Å². The number of halogens is 3. The van der Waals surface area contributed by atoms with Crippen LogP contribution in [0.4, 0.5) is 10.1 Å². The lowest BCUT2D eigenvalue weighted by molar-refractivity contribution is -0.122. The first-order valence-corrected chi connectivity index (χ1v) is 11.0. The fourth-order valence-electron chi connectivity index (χ4n) is 2.59. The van der Waals surface area contributed by atoms with E-state index < -0.39 is 0 Å². The molecule has 0 bridgehead atoms. The molecule has 0 spiro atoms. The van der Waals surface area contributed by atoms with Gasteiger partial charge in [-0.1, -0.05) is 0 Å². The number of amides is 1. The minimum Gasteiger partial charge on any atom is -0.492 e. The molecule has 146 valence electrons. The van der Waals surface area contributed by atoms with Gasteiger partial charge in [-0.05, 0) is 106 Å². The normalized spacial score (nSPS) is 17.0. The smallest absolute Gasteiger partial charge is 0.266 e. The Labute approximate surface area is 184 Å². The highest BCUT2D eigenvalue weighted by Gasteiger charge is 2.32. The minimum atomic E-state index is -0.321. The van der Waals surface area contributed by atoms with Gasteiger partial charge in [0, 0.05) is 6.54 Å². The maximum atomic E-state index is 13.1. The van der Waals surface area contributed by atoms with Crippen molar-refractivity contribution in [2.75, 3.05) is 13.2 Å². The molecule has 1 aliphatic heterocycles. The Morgan fingerprint density at radius 2 is 1.82 bits per heavy atom. The fraction of sp³-hybridized carbons (Fsp3) is 0.200. The first-order valence-electron chi connectivity index (χ1n) is 8.60. The van der Waals surface area contributed by atoms with E-state index in [1.807, 2.05) is 32.1 Å². The Kier molecular flexibility index (Phi) is 6.95. The zero-order valence-corrected chi connectivity index (χ0v) is 19.2. The Bertz CT molecular complexity index is 938. The molecule has 3 rings (SSSR count). The van der Waals surface area contributed by atoms with Crippen LogP contribution in [0.5, 0.6) is 5.75 Å². The van der Waals surface area contributed by atoms with Gasteiger partial charge < -0.3 is 4.74 Å². The van der Waals surface area contributed by atoms with E-state index in [0.29, 0.717) is 28.9 Å². The zero-order valence-electron chi connectivity index (χ0n) is 15.2. The molecular formula is C20H17Br2FN2O2S. The zero-order chi connectivity index (χ0) is 20.3. The van der Waals surface area contributed by atoms with Crippen molar-refractivity contribution in [3.8, 4) is 5.75 Å². The summed E-state index contributed by atoms with van der Waals surface area (Å²) in [6, 6.07) is 9.68. The van der Waals surface area contributed by atoms with Crippen LogP contribution in [0.3, 0.4) is 0 Å². The quantitative estimate of drug-likeness (QED) is 0.424. The number of ether oxygens (including phenoxy) is 1. The lowest BCUT2D eigenvalue weighted by Crippen LogP contribution is -2.28. The summed E-state index contributed by atoms with van der Waals surface area (Å²) in [4.78, 5) is 19.5. The number of thioether (sulfide) groups is 1. The number of amidine groups is 1. The molecule has 1 saturated heterocycles. The highest BCUT2D eigenvalue weighted by Crippen LogP contribution is 2.38. The highest BCUT2D eigenvalue weighted by atomic mass is 79.9. The number of carbonyl (C=O) groups excluding carboxylic acids is 1. The van der Waals surface area contributed by atoms with Crippen molar-refractivity contribution in [1.82, 2.24) is 4.90 Å². The van der Waals surface area contributed by atoms with Gasteiger partial charge in [0.15, 0.2) is 5.17 Å². The lowest BCUT2D eigenvalue weighted by atomic mass is 10.2. The fourth-order valence-corrected chi connectivity index (χ4v) is 5.11. The molecule has 0 radical (unpaired) electrons. The largest absolute Gasteiger partial charge is 0.492 e. The second-order valence-electron chi connectivity index (χ2n) is 5.78. The van der Waals surface area contributed by atoms with Crippen LogP contribution >= 0.6 is 43.6 Å². The van der Waals surface area contributed by atoms with Crippen molar-refractivity contribution in [2.24, 2.45) is 4.99 Å². The predicted molar refractivity (Wildman–Crippen MR) is 119 cm³/mol. The van der Waals surface area contributed by atoms with Gasteiger partial charge in [0.2, 0.25) is 0 Å². The molecule has 1 heterocycles. The van der Waals surface area contributed by atoms with Gasteiger partial charge in [0.05, 0.1) is 26.1 Å². The van der Waals surface area contributed by atoms with E-state index in [1.165, 1.54) is 23.9 Å². The number of aliphatic imine (C=N–C) groups is 1. The Morgan fingerprint density at radius 1 is 1.18 bits per heavy atom. The second-order valence-corrected chi connectivity index (χ2v) is 8.50. The minimum absolute atomic E-state index is 0.102. The van der Waals surface area contributed by atoms with Crippen LogP contribution in [0, 0.1) is 5.82 Å². The SMILES string of the molecule is CCOc1c(Br)cc(/C=C2/SC(=Nc3ccc(F)cc3)N(CC)C2=O)cc1Br. The summed E-state index contributed by atoms with van der Waals surface area (Å²) >= 11 is 8.32. The lowest BCUT2D eigenvalue weighted by Gasteiger charge is -2.12. The van der Waals surface area contributed by atoms with Crippen LogP contribution in [0.2, 0.25) is 0 Å². The standard InChI is InChI=1S/C20H17Br2FN2O2S/c1-3-25-19(26)17(28-20(25)24-14-7-5-13(23)6-8-14)11-12-9-15(21)18(27-4-2)16(22)10-12/h5-11H,3-4H2,1-2H3/b17-11+,24-20?. The molecule has 0 atom stereocenters. The Hall–Kier alpha value is -1.64. The number of likely N-dealkylation sites (N-methyl/N-ethyl adjacent to an activating group) is 1. The van der Waals surface area contributed by atoms with E-state index >= 15 is 0 Å². The van der Waals surface area contributed by atoms with Crippen LogP contribution in [0.25, 0.3) is 6.08 Å². The maximum absolute atomic E-state index is 13.1. The third-order valence-electron chi connectivity index (χ3n) is 3.86. The van der Waals surface area contributed by atoms with Crippen molar-refractivity contribution in [2.45, 2.75) is 13.8 Å². The summed E-state index contributed by atoms with van der Waals surface area (Å²) in [5, 5.41) is 0.578. The summed E-state index contributed by atoms with van der Waals surface area (Å²) in [5.41, 5.74) is 1.46. The average Bonchev–Trinajstić information content (AvgIpc) is 2.94. The second kappa shape index (κ2) is 9.24. The van der Waals surface area contributed by atoms with E-state index in [0.717, 1.165) is 20.3 Å². The van der Waals surface area contributed by atoms with E-state index in [4.69, 9.17) is 4.74 Å². The molecule has 0 N–H and O–H groups in total. The summed E-state index contributed by atoms with van der Waals surface area (Å²) < 4.78 is 20.3. The molecule has 1 aliphatic rings. The van der Waals surface area contributed by atoms with Crippen LogP contribution in [-0.2, 0) is 4.79 Å². The molecule has 4 nitrogen and oxygen atoms in total. The summed E-state index contributed by atoms with van der Waals surface area (Å²) in [6.07, 6.45) is 1.83. The maximum Gasteiger partial charge on any atom is 0.266 e. The highest BCUT2D eigenvalue weighted by molar-refractivity contribution is 9.11. The summed E-state index contributed by atoms with van der Waals surface area (Å²) in [6.45, 7) is 4.87. The van der Waals surface area contributed by atoms with Gasteiger partial charge in [-0.3, -0.25) is 9.69 Å². The molecule has 1 amide bonds. The molecule has 0 saturated carbocycles. The first kappa shape index (κ1) is 21.1. The topological polar surface area (TPSA) is 41.9 Å². The van der Waals surface area contributed by atoms with Crippen LogP contribution in [0.1, 0.15) is 19.4 Å². The number of carbonyl (C=O) groups is 1. The van der Waals surface area contributed by atoms with E-state index in [2.05, 4.69) is 36.9 Å². The molecular weight excluding hydrogens is 511 g/mol. The van der Waals surface area contributed by atoms with Crippen molar-refractivity contribution in [1.29, 1.82) is 0 Å². The molecule has 2 aromatic rings. The molecule has 0 aromatic heterocycles. The van der Waals surface area contributed by atoms with Crippen molar-refractivity contribution in [3.63, 3.8) is 0 Å². The van der Waals surface area contributed by atoms with Gasteiger partial charge >= 0.3 is 0 Å². The third-order valence-corrected chi connectivity index (χ3v) is 6.05. The Balaban J connectivity index is 1.92. The van der Waals surface area contributed by atoms with E-state index in [1.54, 1.807) is 17.0 Å². The monoisotopic (exact) mass is 526 g/mol. The van der Waals surface area contributed by atoms with Crippen molar-refractivity contribution < 1.29 is 13.9 Å². The van der Waals surface area contributed by atoms with Crippen molar-refractivity contribution >= 4 is 66.5 Å². The molecule has 28 heavy (non-hydrogen) atoms. The molecule has 2 aromatic carbocycles. The third kappa shape index (κ3) is 4.67. The van der Waals surface area contributed by atoms with Gasteiger partial charge in [-0.25, -0.2) is 9.38 Å². The number of nitrogens with zero attached hydrogens (tertiary/aromatic N) is 2.